The molecular formula is C13H22FNO4. The molecule has 0 aromatic rings. The van der Waals surface area contributed by atoms with Gasteiger partial charge in [-0.1, -0.05) is 0 Å². The molecule has 110 valence electrons. The summed E-state index contributed by atoms with van der Waals surface area (Å²) in [5.41, 5.74) is -0.652. The summed E-state index contributed by atoms with van der Waals surface area (Å²) in [6, 6.07) is -0.972. The average molecular weight is 275 g/mol. The molecule has 1 amide bonds. The van der Waals surface area contributed by atoms with E-state index in [9.17, 15) is 14.0 Å². The second kappa shape index (κ2) is 6.21. The van der Waals surface area contributed by atoms with E-state index in [0.29, 0.717) is 12.8 Å². The van der Waals surface area contributed by atoms with Crippen molar-refractivity contribution in [3.63, 3.8) is 0 Å². The van der Waals surface area contributed by atoms with Crippen LogP contribution in [0.3, 0.4) is 0 Å². The Hall–Kier alpha value is -1.33. The SMILES string of the molecule is COC(=O)[C@H]1CC[C@@H](CCF)N1C(=O)OC(C)(C)C. The van der Waals surface area contributed by atoms with Crippen molar-refractivity contribution >= 4 is 12.1 Å². The van der Waals surface area contributed by atoms with Crippen LogP contribution in [-0.2, 0) is 14.3 Å². The van der Waals surface area contributed by atoms with Crippen molar-refractivity contribution in [3.05, 3.63) is 0 Å². The summed E-state index contributed by atoms with van der Waals surface area (Å²) in [7, 11) is 1.28. The van der Waals surface area contributed by atoms with E-state index < -0.39 is 30.4 Å². The fourth-order valence-corrected chi connectivity index (χ4v) is 2.25. The lowest BCUT2D eigenvalue weighted by Crippen LogP contribution is -2.47. The van der Waals surface area contributed by atoms with Gasteiger partial charge in [0.25, 0.3) is 0 Å². The van der Waals surface area contributed by atoms with E-state index in [-0.39, 0.29) is 12.5 Å². The Morgan fingerprint density at radius 3 is 2.42 bits per heavy atom. The highest BCUT2D eigenvalue weighted by atomic mass is 19.1. The van der Waals surface area contributed by atoms with Crippen molar-refractivity contribution in [3.8, 4) is 0 Å². The second-order valence-electron chi connectivity index (χ2n) is 5.64. The fourth-order valence-electron chi connectivity index (χ4n) is 2.25. The first-order valence-electron chi connectivity index (χ1n) is 6.45. The van der Waals surface area contributed by atoms with E-state index in [1.807, 2.05) is 0 Å². The van der Waals surface area contributed by atoms with Crippen LogP contribution in [0, 0.1) is 0 Å². The van der Waals surface area contributed by atoms with Crippen LogP contribution in [0.25, 0.3) is 0 Å². The summed E-state index contributed by atoms with van der Waals surface area (Å²) in [4.78, 5) is 25.2. The minimum absolute atomic E-state index is 0.215. The van der Waals surface area contributed by atoms with Crippen molar-refractivity contribution in [2.75, 3.05) is 13.8 Å². The minimum Gasteiger partial charge on any atom is -0.467 e. The Morgan fingerprint density at radius 1 is 1.32 bits per heavy atom. The third-order valence-electron chi connectivity index (χ3n) is 3.02. The molecule has 19 heavy (non-hydrogen) atoms. The average Bonchev–Trinajstić information content (AvgIpc) is 2.70. The van der Waals surface area contributed by atoms with Crippen LogP contribution in [0.4, 0.5) is 9.18 Å². The molecule has 0 aromatic heterocycles. The number of carbonyl (C=O) groups is 2. The molecule has 0 spiro atoms. The van der Waals surface area contributed by atoms with Crippen LogP contribution < -0.4 is 0 Å². The molecule has 0 aromatic carbocycles. The maximum Gasteiger partial charge on any atom is 0.411 e. The fraction of sp³-hybridized carbons (Fsp3) is 0.846. The first-order valence-corrected chi connectivity index (χ1v) is 6.45. The minimum atomic E-state index is -0.670. The summed E-state index contributed by atoms with van der Waals surface area (Å²) in [5.74, 6) is -0.479. The smallest absolute Gasteiger partial charge is 0.411 e. The molecule has 1 saturated heterocycles. The van der Waals surface area contributed by atoms with E-state index in [1.54, 1.807) is 20.8 Å². The number of rotatable bonds is 3. The quantitative estimate of drug-likeness (QED) is 0.741. The number of hydrogen-bond acceptors (Lipinski definition) is 4. The van der Waals surface area contributed by atoms with Crippen LogP contribution in [0.1, 0.15) is 40.0 Å². The number of halogens is 1. The summed E-state index contributed by atoms with van der Waals surface area (Å²) < 4.78 is 22.5. The largest absolute Gasteiger partial charge is 0.467 e. The molecule has 0 bridgehead atoms. The van der Waals surface area contributed by atoms with Crippen LogP contribution in [0.5, 0.6) is 0 Å². The van der Waals surface area contributed by atoms with Gasteiger partial charge in [-0.15, -0.1) is 0 Å². The van der Waals surface area contributed by atoms with Gasteiger partial charge in [-0.2, -0.15) is 0 Å². The number of esters is 1. The number of amides is 1. The molecule has 1 heterocycles. The Morgan fingerprint density at radius 2 is 1.95 bits per heavy atom. The Bertz CT molecular complexity index is 340. The van der Waals surface area contributed by atoms with Gasteiger partial charge < -0.3 is 9.47 Å². The van der Waals surface area contributed by atoms with Crippen LogP contribution in [0.15, 0.2) is 0 Å². The monoisotopic (exact) mass is 275 g/mol. The van der Waals surface area contributed by atoms with Crippen molar-refractivity contribution < 1.29 is 23.5 Å². The predicted molar refractivity (Wildman–Crippen MR) is 67.5 cm³/mol. The Labute approximate surface area is 113 Å². The van der Waals surface area contributed by atoms with E-state index in [4.69, 9.17) is 4.74 Å². The van der Waals surface area contributed by atoms with Gasteiger partial charge in [-0.05, 0) is 40.0 Å². The molecule has 2 atom stereocenters. The zero-order valence-electron chi connectivity index (χ0n) is 11.9. The third kappa shape index (κ3) is 4.08. The van der Waals surface area contributed by atoms with Gasteiger partial charge >= 0.3 is 12.1 Å². The Kier molecular flexibility index (Phi) is 5.14. The highest BCUT2D eigenvalue weighted by Crippen LogP contribution is 2.29. The number of methoxy groups -OCH3 is 1. The van der Waals surface area contributed by atoms with Crippen molar-refractivity contribution in [1.82, 2.24) is 4.90 Å². The van der Waals surface area contributed by atoms with Gasteiger partial charge in [0.2, 0.25) is 0 Å². The molecule has 0 N–H and O–H groups in total. The van der Waals surface area contributed by atoms with E-state index in [0.717, 1.165) is 0 Å². The molecule has 5 nitrogen and oxygen atoms in total. The molecular weight excluding hydrogens is 253 g/mol. The van der Waals surface area contributed by atoms with Crippen molar-refractivity contribution in [2.24, 2.45) is 0 Å². The number of hydrogen-bond donors (Lipinski definition) is 0. The van der Waals surface area contributed by atoms with E-state index in [1.165, 1.54) is 12.0 Å². The van der Waals surface area contributed by atoms with E-state index in [2.05, 4.69) is 4.74 Å². The summed E-state index contributed by atoms with van der Waals surface area (Å²) in [5, 5.41) is 0. The van der Waals surface area contributed by atoms with Crippen molar-refractivity contribution in [2.45, 2.75) is 57.7 Å². The topological polar surface area (TPSA) is 55.8 Å². The molecule has 1 aliphatic heterocycles. The standard InChI is InChI=1S/C13H22FNO4/c1-13(2,3)19-12(17)15-9(7-8-14)5-6-10(15)11(16)18-4/h9-10H,5-8H2,1-4H3/t9-,10+/m0/s1. The Balaban J connectivity index is 2.85. The van der Waals surface area contributed by atoms with Crippen LogP contribution >= 0.6 is 0 Å². The van der Waals surface area contributed by atoms with Gasteiger partial charge in [-0.25, -0.2) is 9.59 Å². The van der Waals surface area contributed by atoms with Gasteiger partial charge in [0, 0.05) is 6.04 Å². The molecule has 0 aliphatic carbocycles. The zero-order valence-corrected chi connectivity index (χ0v) is 11.9. The molecule has 0 radical (unpaired) electrons. The lowest BCUT2D eigenvalue weighted by molar-refractivity contribution is -0.146. The highest BCUT2D eigenvalue weighted by molar-refractivity contribution is 5.82. The number of likely N-dealkylation sites (tertiary alicyclic amines) is 1. The second-order valence-corrected chi connectivity index (χ2v) is 5.64. The lowest BCUT2D eigenvalue weighted by Gasteiger charge is -2.31. The predicted octanol–water partition coefficient (Wildman–Crippen LogP) is 2.29. The number of ether oxygens (including phenoxy) is 2. The molecule has 0 saturated carbocycles. The summed E-state index contributed by atoms with van der Waals surface area (Å²) in [6.07, 6.45) is 0.700. The van der Waals surface area contributed by atoms with Crippen LogP contribution in [-0.4, -0.2) is 48.4 Å². The van der Waals surface area contributed by atoms with Gasteiger partial charge in [0.05, 0.1) is 13.8 Å². The van der Waals surface area contributed by atoms with Gasteiger partial charge in [0.1, 0.15) is 11.6 Å². The number of carbonyl (C=O) groups excluding carboxylic acids is 2. The zero-order chi connectivity index (χ0) is 14.6. The third-order valence-corrected chi connectivity index (χ3v) is 3.02. The van der Waals surface area contributed by atoms with Crippen molar-refractivity contribution in [1.29, 1.82) is 0 Å². The lowest BCUT2D eigenvalue weighted by atomic mass is 10.1. The number of alkyl halides is 1. The highest BCUT2D eigenvalue weighted by Gasteiger charge is 2.43. The maximum atomic E-state index is 12.5. The first-order chi connectivity index (χ1) is 8.80. The number of nitrogens with zero attached hydrogens (tertiary/aromatic N) is 1. The van der Waals surface area contributed by atoms with Crippen LogP contribution in [0.2, 0.25) is 0 Å². The summed E-state index contributed by atoms with van der Waals surface area (Å²) in [6.45, 7) is 4.71. The first kappa shape index (κ1) is 15.7. The summed E-state index contributed by atoms with van der Waals surface area (Å²) >= 11 is 0. The van der Waals surface area contributed by atoms with Gasteiger partial charge in [0.15, 0.2) is 0 Å². The van der Waals surface area contributed by atoms with E-state index >= 15 is 0 Å². The van der Waals surface area contributed by atoms with Gasteiger partial charge in [-0.3, -0.25) is 9.29 Å². The molecule has 0 unspecified atom stereocenters. The maximum absolute atomic E-state index is 12.5. The molecule has 1 fully saturated rings. The molecule has 1 rings (SSSR count). The normalized spacial score (nSPS) is 23.3. The molecule has 6 heteroatoms. The molecule has 1 aliphatic rings.